The number of benzene rings is 1. The molecule has 0 spiro atoms. The van der Waals surface area contributed by atoms with E-state index in [4.69, 9.17) is 11.6 Å². The Kier molecular flexibility index (Phi) is 4.86. The molecule has 0 radical (unpaired) electrons. The van der Waals surface area contributed by atoms with Crippen molar-refractivity contribution in [2.45, 2.75) is 32.1 Å². The summed E-state index contributed by atoms with van der Waals surface area (Å²) in [5.41, 5.74) is 2.03. The molecule has 0 aliphatic carbocycles. The van der Waals surface area contributed by atoms with Gasteiger partial charge in [-0.05, 0) is 31.5 Å². The quantitative estimate of drug-likeness (QED) is 0.857. The summed E-state index contributed by atoms with van der Waals surface area (Å²) in [4.78, 5) is 14.7. The highest BCUT2D eigenvalue weighted by Gasteiger charge is 2.41. The van der Waals surface area contributed by atoms with E-state index in [1.807, 2.05) is 23.1 Å². The van der Waals surface area contributed by atoms with Crippen molar-refractivity contribution in [3.05, 3.63) is 28.8 Å². The highest BCUT2D eigenvalue weighted by molar-refractivity contribution is 6.32. The van der Waals surface area contributed by atoms with Crippen molar-refractivity contribution in [1.29, 1.82) is 0 Å². The van der Waals surface area contributed by atoms with E-state index >= 15 is 0 Å². The molecule has 1 aromatic carbocycles. The monoisotopic (exact) mass is 328 g/mol. The molecule has 2 aliphatic rings. The first-order chi connectivity index (χ1) is 9.50. The Hall–Kier alpha value is -0.770. The minimum Gasteiger partial charge on any atom is -0.316 e. The van der Waals surface area contributed by atoms with Gasteiger partial charge in [0.1, 0.15) is 0 Å². The largest absolute Gasteiger partial charge is 0.316 e. The van der Waals surface area contributed by atoms with Gasteiger partial charge in [-0.3, -0.25) is 4.79 Å². The zero-order valence-corrected chi connectivity index (χ0v) is 14.1. The maximum Gasteiger partial charge on any atom is 0.231 e. The molecule has 5 heteroatoms. The van der Waals surface area contributed by atoms with Crippen molar-refractivity contribution >= 4 is 35.6 Å². The lowest BCUT2D eigenvalue weighted by atomic mass is 9.87. The molecule has 21 heavy (non-hydrogen) atoms. The lowest BCUT2D eigenvalue weighted by Gasteiger charge is -2.28. The average molecular weight is 329 g/mol. The maximum absolute atomic E-state index is 12.8. The minimum atomic E-state index is -0.0779. The summed E-state index contributed by atoms with van der Waals surface area (Å²) in [5, 5.41) is 4.09. The molecule has 1 aromatic rings. The van der Waals surface area contributed by atoms with Crippen molar-refractivity contribution < 1.29 is 4.79 Å². The van der Waals surface area contributed by atoms with Gasteiger partial charge in [-0.25, -0.2) is 0 Å². The summed E-state index contributed by atoms with van der Waals surface area (Å²) < 4.78 is 0. The van der Waals surface area contributed by atoms with Gasteiger partial charge in [0.15, 0.2) is 0 Å². The predicted octanol–water partition coefficient (Wildman–Crippen LogP) is 3.39. The van der Waals surface area contributed by atoms with Crippen molar-refractivity contribution in [2.24, 2.45) is 5.92 Å². The summed E-state index contributed by atoms with van der Waals surface area (Å²) in [6.45, 7) is 6.86. The molecule has 1 N–H and O–H groups in total. The number of amides is 1. The fourth-order valence-electron chi connectivity index (χ4n) is 3.45. The van der Waals surface area contributed by atoms with Crippen LogP contribution < -0.4 is 10.2 Å². The zero-order valence-electron chi connectivity index (χ0n) is 12.5. The molecule has 0 aromatic heterocycles. The predicted molar refractivity (Wildman–Crippen MR) is 89.7 cm³/mol. The number of anilines is 1. The van der Waals surface area contributed by atoms with Crippen LogP contribution in [-0.4, -0.2) is 25.5 Å². The minimum absolute atomic E-state index is 0. The fraction of sp³-hybridized carbons (Fsp3) is 0.562. The Bertz CT molecular complexity index is 539. The molecule has 1 atom stereocenters. The Morgan fingerprint density at radius 3 is 2.86 bits per heavy atom. The van der Waals surface area contributed by atoms with Gasteiger partial charge in [-0.2, -0.15) is 0 Å². The van der Waals surface area contributed by atoms with E-state index in [9.17, 15) is 4.79 Å². The number of nitrogens with one attached hydrogen (secondary N) is 1. The van der Waals surface area contributed by atoms with Crippen LogP contribution in [0.2, 0.25) is 5.02 Å². The molecule has 116 valence electrons. The van der Waals surface area contributed by atoms with E-state index in [1.54, 1.807) is 0 Å². The van der Waals surface area contributed by atoms with E-state index in [-0.39, 0.29) is 29.6 Å². The maximum atomic E-state index is 12.8. The highest BCUT2D eigenvalue weighted by Crippen LogP contribution is 2.44. The van der Waals surface area contributed by atoms with Crippen molar-refractivity contribution in [3.8, 4) is 0 Å². The van der Waals surface area contributed by atoms with Gasteiger partial charge in [-0.15, -0.1) is 12.4 Å². The van der Waals surface area contributed by atoms with Crippen LogP contribution in [0.4, 0.5) is 5.69 Å². The van der Waals surface area contributed by atoms with Crippen LogP contribution in [-0.2, 0) is 10.2 Å². The number of hydrogen-bond acceptors (Lipinski definition) is 2. The zero-order chi connectivity index (χ0) is 14.3. The molecule has 2 heterocycles. The van der Waals surface area contributed by atoms with Crippen molar-refractivity contribution in [2.75, 3.05) is 24.5 Å². The Morgan fingerprint density at radius 2 is 2.19 bits per heavy atom. The number of hydrogen-bond donors (Lipinski definition) is 1. The molecule has 1 amide bonds. The third-order valence-electron chi connectivity index (χ3n) is 4.42. The number of halogens is 2. The SMILES string of the molecule is CC1(C)CN(C(=O)C2CCCNC2)c2cccc(Cl)c21.Cl. The Labute approximate surface area is 137 Å². The first-order valence-electron chi connectivity index (χ1n) is 7.32. The molecular weight excluding hydrogens is 307 g/mol. The van der Waals surface area contributed by atoms with Crippen molar-refractivity contribution in [1.82, 2.24) is 5.32 Å². The number of nitrogens with zero attached hydrogens (tertiary/aromatic N) is 1. The van der Waals surface area contributed by atoms with Crippen LogP contribution in [0.5, 0.6) is 0 Å². The normalized spacial score (nSPS) is 23.4. The van der Waals surface area contributed by atoms with Gasteiger partial charge in [0.05, 0.1) is 5.92 Å². The molecule has 1 unspecified atom stereocenters. The van der Waals surface area contributed by atoms with Crippen LogP contribution in [0.25, 0.3) is 0 Å². The molecule has 0 saturated carbocycles. The summed E-state index contributed by atoms with van der Waals surface area (Å²) in [6, 6.07) is 5.87. The number of rotatable bonds is 1. The lowest BCUT2D eigenvalue weighted by Crippen LogP contribution is -2.44. The van der Waals surface area contributed by atoms with Crippen LogP contribution in [0.1, 0.15) is 32.3 Å². The Morgan fingerprint density at radius 1 is 1.43 bits per heavy atom. The number of piperidine rings is 1. The van der Waals surface area contributed by atoms with E-state index in [0.717, 1.165) is 48.7 Å². The average Bonchev–Trinajstić information content (AvgIpc) is 2.72. The highest BCUT2D eigenvalue weighted by atomic mass is 35.5. The van der Waals surface area contributed by atoms with Crippen LogP contribution >= 0.6 is 24.0 Å². The second-order valence-corrected chi connectivity index (χ2v) is 6.89. The van der Waals surface area contributed by atoms with Crippen molar-refractivity contribution in [3.63, 3.8) is 0 Å². The summed E-state index contributed by atoms with van der Waals surface area (Å²) in [6.07, 6.45) is 2.06. The first kappa shape index (κ1) is 16.6. The molecule has 3 nitrogen and oxygen atoms in total. The third-order valence-corrected chi connectivity index (χ3v) is 4.74. The van der Waals surface area contributed by atoms with E-state index in [1.165, 1.54) is 0 Å². The van der Waals surface area contributed by atoms with Gasteiger partial charge >= 0.3 is 0 Å². The third kappa shape index (κ3) is 2.92. The number of carbonyl (C=O) groups excluding carboxylic acids is 1. The molecule has 0 bridgehead atoms. The van der Waals surface area contributed by atoms with Gasteiger partial charge in [0.25, 0.3) is 0 Å². The summed E-state index contributed by atoms with van der Waals surface area (Å²) in [5.74, 6) is 0.343. The Balaban J connectivity index is 0.00000161. The second kappa shape index (κ2) is 6.15. The lowest BCUT2D eigenvalue weighted by molar-refractivity contribution is -0.122. The van der Waals surface area contributed by atoms with Crippen LogP contribution in [0.15, 0.2) is 18.2 Å². The van der Waals surface area contributed by atoms with Gasteiger partial charge in [0.2, 0.25) is 5.91 Å². The van der Waals surface area contributed by atoms with Gasteiger partial charge in [0, 0.05) is 34.8 Å². The topological polar surface area (TPSA) is 32.3 Å². The van der Waals surface area contributed by atoms with E-state index in [0.29, 0.717) is 0 Å². The number of carbonyl (C=O) groups is 1. The van der Waals surface area contributed by atoms with E-state index in [2.05, 4.69) is 19.2 Å². The van der Waals surface area contributed by atoms with E-state index < -0.39 is 0 Å². The standard InChI is InChI=1S/C16H21ClN2O.ClH/c1-16(2)10-19(13-7-3-6-12(17)14(13)16)15(20)11-5-4-8-18-9-11;/h3,6-7,11,18H,4-5,8-10H2,1-2H3;1H. The second-order valence-electron chi connectivity index (χ2n) is 6.49. The smallest absolute Gasteiger partial charge is 0.231 e. The molecule has 2 aliphatic heterocycles. The molecule has 1 saturated heterocycles. The molecule has 3 rings (SSSR count). The van der Waals surface area contributed by atoms with Gasteiger partial charge in [-0.1, -0.05) is 31.5 Å². The van der Waals surface area contributed by atoms with Gasteiger partial charge < -0.3 is 10.2 Å². The fourth-order valence-corrected chi connectivity index (χ4v) is 3.87. The van der Waals surface area contributed by atoms with Crippen LogP contribution in [0.3, 0.4) is 0 Å². The number of fused-ring (bicyclic) bond motifs is 1. The first-order valence-corrected chi connectivity index (χ1v) is 7.69. The molecular formula is C16H22Cl2N2O. The summed E-state index contributed by atoms with van der Waals surface area (Å²) >= 11 is 6.36. The summed E-state index contributed by atoms with van der Waals surface area (Å²) in [7, 11) is 0. The van der Waals surface area contributed by atoms with Crippen LogP contribution in [0, 0.1) is 5.92 Å². The molecule has 1 fully saturated rings.